The van der Waals surface area contributed by atoms with Gasteiger partial charge in [0.25, 0.3) is 0 Å². The fourth-order valence-corrected chi connectivity index (χ4v) is 6.98. The van der Waals surface area contributed by atoms with E-state index in [1.165, 1.54) is 96.3 Å². The highest BCUT2D eigenvalue weighted by Crippen LogP contribution is 2.23. The summed E-state index contributed by atoms with van der Waals surface area (Å²) in [5.41, 5.74) is 0. The Bertz CT molecular complexity index is 950. The standard InChI is InChI=1S/C44H83NO10/c1-3-5-7-9-11-13-15-17-18-20-21-23-25-27-29-31-36(47)39(49)35(34-54-44-42(52)41(51)40(50)38(33-46)55-44)45-43(53)37(48)32-30-28-26-24-22-19-16-14-12-10-8-6-4-2/h17-18,23,25,35-42,44,46-52H,3-16,19-22,24,26-34H2,1-2H3,(H,45,53)/b18-17+,25-23+. The van der Waals surface area contributed by atoms with Gasteiger partial charge in [0.05, 0.1) is 25.4 Å². The third-order valence-electron chi connectivity index (χ3n) is 10.7. The summed E-state index contributed by atoms with van der Waals surface area (Å²) >= 11 is 0. The fourth-order valence-electron chi connectivity index (χ4n) is 6.98. The van der Waals surface area contributed by atoms with Crippen molar-refractivity contribution in [2.75, 3.05) is 13.2 Å². The summed E-state index contributed by atoms with van der Waals surface area (Å²) in [6.45, 7) is 3.39. The van der Waals surface area contributed by atoms with Crippen molar-refractivity contribution in [2.24, 2.45) is 0 Å². The Morgan fingerprint density at radius 1 is 0.618 bits per heavy atom. The lowest BCUT2D eigenvalue weighted by molar-refractivity contribution is -0.303. The van der Waals surface area contributed by atoms with Gasteiger partial charge in [0, 0.05) is 0 Å². The lowest BCUT2D eigenvalue weighted by atomic mass is 9.98. The maximum Gasteiger partial charge on any atom is 0.249 e. The van der Waals surface area contributed by atoms with Crippen LogP contribution in [-0.2, 0) is 14.3 Å². The molecule has 1 rings (SSSR count). The molecule has 0 aromatic carbocycles. The van der Waals surface area contributed by atoms with Crippen LogP contribution < -0.4 is 5.32 Å². The molecule has 0 aliphatic carbocycles. The van der Waals surface area contributed by atoms with Crippen molar-refractivity contribution in [3.8, 4) is 0 Å². The Hall–Kier alpha value is -1.41. The summed E-state index contributed by atoms with van der Waals surface area (Å²) in [7, 11) is 0. The van der Waals surface area contributed by atoms with E-state index in [-0.39, 0.29) is 12.8 Å². The zero-order valence-electron chi connectivity index (χ0n) is 34.7. The van der Waals surface area contributed by atoms with Crippen LogP contribution in [0.15, 0.2) is 24.3 Å². The molecule has 8 N–H and O–H groups in total. The lowest BCUT2D eigenvalue weighted by Gasteiger charge is -2.40. The summed E-state index contributed by atoms with van der Waals surface area (Å²) in [6, 6.07) is -1.19. The van der Waals surface area contributed by atoms with Crippen molar-refractivity contribution in [2.45, 2.75) is 236 Å². The van der Waals surface area contributed by atoms with Crippen molar-refractivity contribution >= 4 is 5.91 Å². The second-order valence-corrected chi connectivity index (χ2v) is 15.8. The molecule has 9 unspecified atom stereocenters. The topological polar surface area (TPSA) is 189 Å². The van der Waals surface area contributed by atoms with Crippen LogP contribution >= 0.6 is 0 Å². The molecule has 11 heteroatoms. The van der Waals surface area contributed by atoms with Crippen LogP contribution in [0.4, 0.5) is 0 Å². The first-order valence-corrected chi connectivity index (χ1v) is 22.2. The molecule has 11 nitrogen and oxygen atoms in total. The van der Waals surface area contributed by atoms with Crippen molar-refractivity contribution < 1.29 is 50.0 Å². The van der Waals surface area contributed by atoms with Gasteiger partial charge in [0.2, 0.25) is 5.91 Å². The Balaban J connectivity index is 2.53. The van der Waals surface area contributed by atoms with E-state index in [4.69, 9.17) is 9.47 Å². The second-order valence-electron chi connectivity index (χ2n) is 15.8. The van der Waals surface area contributed by atoms with E-state index in [9.17, 15) is 40.5 Å². The van der Waals surface area contributed by atoms with Crippen LogP contribution in [0.3, 0.4) is 0 Å². The van der Waals surface area contributed by atoms with Crippen LogP contribution in [0.2, 0.25) is 0 Å². The van der Waals surface area contributed by atoms with Crippen molar-refractivity contribution in [1.82, 2.24) is 5.32 Å². The van der Waals surface area contributed by atoms with E-state index in [1.807, 2.05) is 0 Å². The maximum atomic E-state index is 13.0. The molecule has 1 amide bonds. The van der Waals surface area contributed by atoms with Crippen molar-refractivity contribution in [3.63, 3.8) is 0 Å². The number of amides is 1. The average molecular weight is 786 g/mol. The van der Waals surface area contributed by atoms with Crippen LogP contribution in [0.5, 0.6) is 0 Å². The Morgan fingerprint density at radius 3 is 1.62 bits per heavy atom. The molecule has 0 aromatic heterocycles. The van der Waals surface area contributed by atoms with Gasteiger partial charge in [0.15, 0.2) is 6.29 Å². The summed E-state index contributed by atoms with van der Waals surface area (Å²) in [5, 5.41) is 75.5. The Labute approximate surface area is 334 Å². The lowest BCUT2D eigenvalue weighted by Crippen LogP contribution is -2.60. The number of carbonyl (C=O) groups excluding carboxylic acids is 1. The first-order valence-electron chi connectivity index (χ1n) is 22.2. The molecule has 1 saturated heterocycles. The average Bonchev–Trinajstić information content (AvgIpc) is 3.18. The SMILES string of the molecule is CCCCCCCC/C=C/CC/C=C/CCCC(O)C(O)C(COC1OC(CO)C(O)C(O)C1O)NC(=O)C(O)CCCCCCCCCCCCCCC. The molecule has 0 spiro atoms. The summed E-state index contributed by atoms with van der Waals surface area (Å²) in [6.07, 6.45) is 25.1. The van der Waals surface area contributed by atoms with Gasteiger partial charge < -0.3 is 50.5 Å². The van der Waals surface area contributed by atoms with E-state index in [1.54, 1.807) is 0 Å². The van der Waals surface area contributed by atoms with Gasteiger partial charge in [-0.1, -0.05) is 154 Å². The number of aliphatic hydroxyl groups is 7. The van der Waals surface area contributed by atoms with Gasteiger partial charge in [-0.2, -0.15) is 0 Å². The van der Waals surface area contributed by atoms with Crippen LogP contribution in [-0.4, -0.2) is 110 Å². The number of aliphatic hydroxyl groups excluding tert-OH is 7. The first-order chi connectivity index (χ1) is 26.7. The zero-order chi connectivity index (χ0) is 40.5. The van der Waals surface area contributed by atoms with Gasteiger partial charge >= 0.3 is 0 Å². The van der Waals surface area contributed by atoms with Crippen molar-refractivity contribution in [1.29, 1.82) is 0 Å². The number of carbonyl (C=O) groups is 1. The maximum absolute atomic E-state index is 13.0. The number of nitrogens with one attached hydrogen (secondary N) is 1. The quantitative estimate of drug-likeness (QED) is 0.0252. The number of unbranched alkanes of at least 4 members (excludes halogenated alkanes) is 20. The van der Waals surface area contributed by atoms with E-state index >= 15 is 0 Å². The van der Waals surface area contributed by atoms with E-state index in [2.05, 4.69) is 43.5 Å². The van der Waals surface area contributed by atoms with E-state index in [0.717, 1.165) is 38.5 Å². The minimum atomic E-state index is -1.67. The van der Waals surface area contributed by atoms with Crippen LogP contribution in [0.1, 0.15) is 181 Å². The Kier molecular flexibility index (Phi) is 32.5. The predicted octanol–water partition coefficient (Wildman–Crippen LogP) is 6.67. The monoisotopic (exact) mass is 786 g/mol. The summed E-state index contributed by atoms with van der Waals surface area (Å²) in [4.78, 5) is 13.0. The van der Waals surface area contributed by atoms with Gasteiger partial charge in [0.1, 0.15) is 36.6 Å². The molecule has 1 heterocycles. The highest BCUT2D eigenvalue weighted by Gasteiger charge is 2.44. The summed E-state index contributed by atoms with van der Waals surface area (Å²) in [5.74, 6) is -0.712. The Morgan fingerprint density at radius 2 is 1.09 bits per heavy atom. The normalized spacial score (nSPS) is 22.7. The molecule has 55 heavy (non-hydrogen) atoms. The van der Waals surface area contributed by atoms with Gasteiger partial charge in [-0.3, -0.25) is 4.79 Å². The minimum absolute atomic E-state index is 0.248. The third-order valence-corrected chi connectivity index (χ3v) is 10.7. The van der Waals surface area contributed by atoms with Crippen molar-refractivity contribution in [3.05, 3.63) is 24.3 Å². The highest BCUT2D eigenvalue weighted by atomic mass is 16.7. The minimum Gasteiger partial charge on any atom is -0.394 e. The molecule has 1 fully saturated rings. The third kappa shape index (κ3) is 24.9. The molecule has 0 aromatic rings. The number of rotatable bonds is 36. The summed E-state index contributed by atoms with van der Waals surface area (Å²) < 4.78 is 11.0. The van der Waals surface area contributed by atoms with Crippen LogP contribution in [0, 0.1) is 0 Å². The molecule has 9 atom stereocenters. The van der Waals surface area contributed by atoms with Gasteiger partial charge in [-0.05, 0) is 51.4 Å². The molecule has 0 radical (unpaired) electrons. The zero-order valence-corrected chi connectivity index (χ0v) is 34.7. The fraction of sp³-hybridized carbons (Fsp3) is 0.886. The molecule has 0 saturated carbocycles. The van der Waals surface area contributed by atoms with Gasteiger partial charge in [-0.15, -0.1) is 0 Å². The number of allylic oxidation sites excluding steroid dienone is 4. The van der Waals surface area contributed by atoms with E-state index < -0.39 is 74.2 Å². The number of hydrogen-bond acceptors (Lipinski definition) is 10. The number of ether oxygens (including phenoxy) is 2. The van der Waals surface area contributed by atoms with Gasteiger partial charge in [-0.25, -0.2) is 0 Å². The first kappa shape index (κ1) is 51.6. The molecular formula is C44H83NO10. The largest absolute Gasteiger partial charge is 0.394 e. The highest BCUT2D eigenvalue weighted by molar-refractivity contribution is 5.80. The van der Waals surface area contributed by atoms with E-state index in [0.29, 0.717) is 19.3 Å². The molecule has 324 valence electrons. The smallest absolute Gasteiger partial charge is 0.249 e. The molecule has 0 bridgehead atoms. The molecule has 1 aliphatic rings. The van der Waals surface area contributed by atoms with Crippen LogP contribution in [0.25, 0.3) is 0 Å². The molecular weight excluding hydrogens is 702 g/mol. The predicted molar refractivity (Wildman–Crippen MR) is 219 cm³/mol. The second kappa shape index (κ2) is 34.6. The number of hydrogen-bond donors (Lipinski definition) is 8. The molecule has 1 aliphatic heterocycles.